The molecule has 0 radical (unpaired) electrons. The van der Waals surface area contributed by atoms with Crippen molar-refractivity contribution in [3.05, 3.63) is 64.8 Å². The summed E-state index contributed by atoms with van der Waals surface area (Å²) >= 11 is 5.98. The van der Waals surface area contributed by atoms with Crippen LogP contribution in [0, 0.1) is 18.3 Å². The highest BCUT2D eigenvalue weighted by Gasteiger charge is 2.22. The molecule has 120 valence electrons. The van der Waals surface area contributed by atoms with Crippen LogP contribution in [-0.4, -0.2) is 13.4 Å². The van der Waals surface area contributed by atoms with E-state index >= 15 is 0 Å². The third-order valence-electron chi connectivity index (χ3n) is 3.34. The van der Waals surface area contributed by atoms with Crippen LogP contribution in [0.1, 0.15) is 11.1 Å². The Labute approximate surface area is 144 Å². The molecule has 0 unspecified atom stereocenters. The maximum atomic E-state index is 12.6. The number of pyridine rings is 1. The largest absolute Gasteiger partial charge is 0.377 e. The van der Waals surface area contributed by atoms with E-state index in [-0.39, 0.29) is 15.7 Å². The van der Waals surface area contributed by atoms with Gasteiger partial charge in [0, 0.05) is 11.6 Å². The molecule has 1 heterocycles. The van der Waals surface area contributed by atoms with Gasteiger partial charge in [0.2, 0.25) is 0 Å². The number of rotatable bonds is 3. The van der Waals surface area contributed by atoms with Gasteiger partial charge in [0.25, 0.3) is 0 Å². The molecule has 24 heavy (non-hydrogen) atoms. The van der Waals surface area contributed by atoms with Crippen LogP contribution in [0.25, 0.3) is 10.9 Å². The lowest BCUT2D eigenvalue weighted by Gasteiger charge is -2.10. The summed E-state index contributed by atoms with van der Waals surface area (Å²) in [5, 5.41) is 9.57. The second-order valence-corrected chi connectivity index (χ2v) is 7.06. The van der Waals surface area contributed by atoms with Crippen molar-refractivity contribution >= 4 is 32.6 Å². The summed E-state index contributed by atoms with van der Waals surface area (Å²) in [7, 11) is -4.12. The minimum absolute atomic E-state index is 0.0413. The number of halogens is 1. The van der Waals surface area contributed by atoms with E-state index in [0.29, 0.717) is 16.5 Å². The lowest BCUT2D eigenvalue weighted by Crippen LogP contribution is -2.11. The Hall–Kier alpha value is -2.62. The number of hydrogen-bond acceptors (Lipinski definition) is 5. The van der Waals surface area contributed by atoms with Crippen molar-refractivity contribution in [1.82, 2.24) is 4.98 Å². The quantitative estimate of drug-likeness (QED) is 0.664. The predicted molar refractivity (Wildman–Crippen MR) is 90.5 cm³/mol. The number of aryl methyl sites for hydroxylation is 1. The van der Waals surface area contributed by atoms with E-state index in [1.807, 2.05) is 19.1 Å². The number of benzene rings is 2. The van der Waals surface area contributed by atoms with Gasteiger partial charge in [-0.3, -0.25) is 4.98 Å². The topological polar surface area (TPSA) is 80.1 Å². The van der Waals surface area contributed by atoms with Gasteiger partial charge >= 0.3 is 10.1 Å². The van der Waals surface area contributed by atoms with E-state index in [4.69, 9.17) is 21.0 Å². The normalized spacial score (nSPS) is 11.2. The van der Waals surface area contributed by atoms with Crippen LogP contribution in [0.3, 0.4) is 0 Å². The molecule has 0 aliphatic carbocycles. The van der Waals surface area contributed by atoms with Gasteiger partial charge in [-0.1, -0.05) is 23.7 Å². The van der Waals surface area contributed by atoms with E-state index < -0.39 is 10.1 Å². The summed E-state index contributed by atoms with van der Waals surface area (Å²) in [4.78, 5) is 4.16. The Morgan fingerprint density at radius 3 is 2.71 bits per heavy atom. The van der Waals surface area contributed by atoms with Gasteiger partial charge in [-0.05, 0) is 42.8 Å². The van der Waals surface area contributed by atoms with Crippen LogP contribution in [-0.2, 0) is 10.1 Å². The average Bonchev–Trinajstić information content (AvgIpc) is 2.55. The van der Waals surface area contributed by atoms with Gasteiger partial charge < -0.3 is 4.18 Å². The molecule has 0 fully saturated rings. The van der Waals surface area contributed by atoms with E-state index in [1.54, 1.807) is 18.3 Å². The van der Waals surface area contributed by atoms with Gasteiger partial charge in [-0.25, -0.2) is 0 Å². The maximum Gasteiger partial charge on any atom is 0.341 e. The summed E-state index contributed by atoms with van der Waals surface area (Å²) in [6, 6.07) is 12.7. The number of aromatic nitrogens is 1. The number of para-hydroxylation sites is 1. The van der Waals surface area contributed by atoms with Crippen LogP contribution in [0.15, 0.2) is 53.6 Å². The SMILES string of the molecule is Cc1cnc2c(S(=O)(=O)Oc3ccc(C#N)cc3Cl)cccc2c1. The van der Waals surface area contributed by atoms with Crippen LogP contribution in [0.4, 0.5) is 0 Å². The van der Waals surface area contributed by atoms with Crippen LogP contribution >= 0.6 is 11.6 Å². The molecular formula is C17H11ClN2O3S. The summed E-state index contributed by atoms with van der Waals surface area (Å²) in [5.41, 5.74) is 1.56. The molecular weight excluding hydrogens is 348 g/mol. The molecule has 0 aliphatic heterocycles. The molecule has 0 bridgehead atoms. The van der Waals surface area contributed by atoms with Crippen LogP contribution in [0.2, 0.25) is 5.02 Å². The third-order valence-corrected chi connectivity index (χ3v) is 4.90. The monoisotopic (exact) mass is 358 g/mol. The average molecular weight is 359 g/mol. The van der Waals surface area contributed by atoms with Crippen molar-refractivity contribution in [2.24, 2.45) is 0 Å². The molecule has 7 heteroatoms. The summed E-state index contributed by atoms with van der Waals surface area (Å²) in [6.07, 6.45) is 1.59. The van der Waals surface area contributed by atoms with E-state index in [2.05, 4.69) is 4.98 Å². The molecule has 0 atom stereocenters. The minimum Gasteiger partial charge on any atom is -0.377 e. The number of hydrogen-bond donors (Lipinski definition) is 0. The lowest BCUT2D eigenvalue weighted by atomic mass is 10.2. The first-order valence-electron chi connectivity index (χ1n) is 6.90. The molecule has 2 aromatic carbocycles. The van der Waals surface area contributed by atoms with Gasteiger partial charge in [0.05, 0.1) is 22.2 Å². The highest BCUT2D eigenvalue weighted by molar-refractivity contribution is 7.87. The summed E-state index contributed by atoms with van der Waals surface area (Å²) in [5.74, 6) is -0.0419. The first-order valence-corrected chi connectivity index (χ1v) is 8.69. The van der Waals surface area contributed by atoms with Crippen molar-refractivity contribution < 1.29 is 12.6 Å². The second-order valence-electron chi connectivity index (χ2n) is 5.13. The molecule has 0 saturated heterocycles. The molecule has 0 amide bonds. The zero-order valence-corrected chi connectivity index (χ0v) is 14.1. The smallest absolute Gasteiger partial charge is 0.341 e. The van der Waals surface area contributed by atoms with Crippen LogP contribution < -0.4 is 4.18 Å². The van der Waals surface area contributed by atoms with Gasteiger partial charge in [0.15, 0.2) is 5.75 Å². The first-order chi connectivity index (χ1) is 11.4. The number of fused-ring (bicyclic) bond motifs is 1. The lowest BCUT2D eigenvalue weighted by molar-refractivity contribution is 0.487. The minimum atomic E-state index is -4.12. The fourth-order valence-electron chi connectivity index (χ4n) is 2.25. The molecule has 0 saturated carbocycles. The molecule has 3 aromatic rings. The van der Waals surface area contributed by atoms with Crippen molar-refractivity contribution in [3.8, 4) is 11.8 Å². The number of nitriles is 1. The zero-order chi connectivity index (χ0) is 17.3. The predicted octanol–water partition coefficient (Wildman–Crippen LogP) is 3.84. The van der Waals surface area contributed by atoms with E-state index in [0.717, 1.165) is 5.56 Å². The van der Waals surface area contributed by atoms with E-state index in [1.165, 1.54) is 24.3 Å². The Morgan fingerprint density at radius 1 is 1.21 bits per heavy atom. The fourth-order valence-corrected chi connectivity index (χ4v) is 3.63. The van der Waals surface area contributed by atoms with E-state index in [9.17, 15) is 8.42 Å². The standard InChI is InChI=1S/C17H11ClN2O3S/c1-11-7-13-3-2-4-16(17(13)20-10-11)24(21,22)23-15-6-5-12(9-19)8-14(15)18/h2-8,10H,1H3. The Bertz CT molecular complexity index is 1090. The molecule has 3 rings (SSSR count). The zero-order valence-electron chi connectivity index (χ0n) is 12.5. The molecule has 0 N–H and O–H groups in total. The van der Waals surface area contributed by atoms with Crippen molar-refractivity contribution in [3.63, 3.8) is 0 Å². The Morgan fingerprint density at radius 2 is 2.00 bits per heavy atom. The Balaban J connectivity index is 2.08. The first kappa shape index (κ1) is 16.2. The summed E-state index contributed by atoms with van der Waals surface area (Å²) in [6.45, 7) is 1.88. The van der Waals surface area contributed by atoms with Gasteiger partial charge in [-0.2, -0.15) is 13.7 Å². The van der Waals surface area contributed by atoms with Crippen molar-refractivity contribution in [2.45, 2.75) is 11.8 Å². The van der Waals surface area contributed by atoms with Gasteiger partial charge in [-0.15, -0.1) is 0 Å². The van der Waals surface area contributed by atoms with Crippen LogP contribution in [0.5, 0.6) is 5.75 Å². The second kappa shape index (κ2) is 6.11. The maximum absolute atomic E-state index is 12.6. The number of nitrogens with zero attached hydrogens (tertiary/aromatic N) is 2. The highest BCUT2D eigenvalue weighted by Crippen LogP contribution is 2.30. The van der Waals surface area contributed by atoms with Crippen molar-refractivity contribution in [2.75, 3.05) is 0 Å². The summed E-state index contributed by atoms with van der Waals surface area (Å²) < 4.78 is 30.4. The Kier molecular flexibility index (Phi) is 4.14. The molecule has 1 aromatic heterocycles. The highest BCUT2D eigenvalue weighted by atomic mass is 35.5. The third kappa shape index (κ3) is 3.04. The fraction of sp³-hybridized carbons (Fsp3) is 0.0588. The molecule has 5 nitrogen and oxygen atoms in total. The van der Waals surface area contributed by atoms with Crippen molar-refractivity contribution in [1.29, 1.82) is 5.26 Å². The molecule has 0 aliphatic rings. The molecule has 0 spiro atoms. The van der Waals surface area contributed by atoms with Gasteiger partial charge in [0.1, 0.15) is 4.90 Å².